The molecule has 112 valence electrons. The molecule has 1 saturated carbocycles. The maximum atomic E-state index is 12.4. The lowest BCUT2D eigenvalue weighted by molar-refractivity contribution is -0.122. The van der Waals surface area contributed by atoms with Crippen LogP contribution >= 0.6 is 0 Å². The van der Waals surface area contributed by atoms with Crippen LogP contribution in [0.4, 0.5) is 5.82 Å². The number of hydrogen-bond donors (Lipinski definition) is 1. The van der Waals surface area contributed by atoms with Gasteiger partial charge in [-0.2, -0.15) is 5.26 Å². The van der Waals surface area contributed by atoms with Gasteiger partial charge in [0.1, 0.15) is 17.8 Å². The Morgan fingerprint density at radius 2 is 2.23 bits per heavy atom. The minimum atomic E-state index is -0.211. The number of nitrogens with one attached hydrogen (secondary N) is 1. The fraction of sp³-hybridized carbons (Fsp3) is 0.438. The number of carbonyl (C=O) groups excluding carboxylic acids is 1. The molecule has 2 aliphatic rings. The van der Waals surface area contributed by atoms with Crippen LogP contribution in [-0.4, -0.2) is 33.9 Å². The second-order valence-corrected chi connectivity index (χ2v) is 5.96. The normalized spacial score (nSPS) is 21.0. The van der Waals surface area contributed by atoms with Gasteiger partial charge in [-0.1, -0.05) is 6.07 Å². The average Bonchev–Trinajstić information content (AvgIpc) is 3.09. The molecule has 2 aromatic heterocycles. The van der Waals surface area contributed by atoms with Crippen molar-refractivity contribution in [3.63, 3.8) is 0 Å². The number of carbonyl (C=O) groups is 1. The molecule has 3 heterocycles. The maximum absolute atomic E-state index is 12.4. The topological polar surface area (TPSA) is 73.4 Å². The Kier molecular flexibility index (Phi) is 3.00. The third-order valence-corrected chi connectivity index (χ3v) is 4.37. The van der Waals surface area contributed by atoms with E-state index in [1.165, 1.54) is 0 Å². The van der Waals surface area contributed by atoms with Gasteiger partial charge < -0.3 is 10.2 Å². The van der Waals surface area contributed by atoms with Gasteiger partial charge in [-0.15, -0.1) is 0 Å². The van der Waals surface area contributed by atoms with Crippen molar-refractivity contribution >= 4 is 17.4 Å². The molecular formula is C16H17N5O. The van der Waals surface area contributed by atoms with Crippen molar-refractivity contribution in [1.82, 2.24) is 14.7 Å². The molecule has 0 aromatic carbocycles. The summed E-state index contributed by atoms with van der Waals surface area (Å²) in [6.07, 6.45) is 5.76. The Labute approximate surface area is 128 Å². The summed E-state index contributed by atoms with van der Waals surface area (Å²) in [5.74, 6) is 0.697. The minimum Gasteiger partial charge on any atom is -0.352 e. The second kappa shape index (κ2) is 5.02. The highest BCUT2D eigenvalue weighted by molar-refractivity contribution is 5.86. The van der Waals surface area contributed by atoms with E-state index in [4.69, 9.17) is 0 Å². The van der Waals surface area contributed by atoms with Crippen molar-refractivity contribution in [2.45, 2.75) is 37.8 Å². The first-order valence-corrected chi connectivity index (χ1v) is 7.72. The Balaban J connectivity index is 1.70. The van der Waals surface area contributed by atoms with E-state index in [9.17, 15) is 10.1 Å². The largest absolute Gasteiger partial charge is 0.352 e. The number of rotatable bonds is 3. The number of aromatic nitrogens is 2. The van der Waals surface area contributed by atoms with Crippen LogP contribution in [0.25, 0.3) is 5.65 Å². The molecule has 2 fully saturated rings. The molecule has 1 N–H and O–H groups in total. The molecule has 6 nitrogen and oxygen atoms in total. The van der Waals surface area contributed by atoms with Gasteiger partial charge in [0.05, 0.1) is 0 Å². The quantitative estimate of drug-likeness (QED) is 0.930. The number of hydrogen-bond acceptors (Lipinski definition) is 4. The highest BCUT2D eigenvalue weighted by Gasteiger charge is 2.36. The van der Waals surface area contributed by atoms with Gasteiger partial charge in [0.15, 0.2) is 11.5 Å². The van der Waals surface area contributed by atoms with E-state index >= 15 is 0 Å². The van der Waals surface area contributed by atoms with Crippen LogP contribution in [0.1, 0.15) is 31.4 Å². The van der Waals surface area contributed by atoms with Crippen LogP contribution in [-0.2, 0) is 4.79 Å². The number of nitrogens with zero attached hydrogens (tertiary/aromatic N) is 4. The molecule has 1 aliphatic heterocycles. The first kappa shape index (κ1) is 13.1. The van der Waals surface area contributed by atoms with Gasteiger partial charge >= 0.3 is 0 Å². The van der Waals surface area contributed by atoms with Gasteiger partial charge in [-0.05, 0) is 37.8 Å². The summed E-state index contributed by atoms with van der Waals surface area (Å²) < 4.78 is 1.78. The highest BCUT2D eigenvalue weighted by atomic mass is 16.2. The highest BCUT2D eigenvalue weighted by Crippen LogP contribution is 2.29. The van der Waals surface area contributed by atoms with Gasteiger partial charge in [-0.25, -0.2) is 4.98 Å². The second-order valence-electron chi connectivity index (χ2n) is 5.96. The average molecular weight is 295 g/mol. The van der Waals surface area contributed by atoms with Crippen LogP contribution in [0.5, 0.6) is 0 Å². The van der Waals surface area contributed by atoms with Crippen LogP contribution < -0.4 is 10.2 Å². The standard InChI is InChI=1S/C16H17N5O/c17-10-13-15(19-14-5-1-2-8-20(13)14)21-9-3-4-12(21)16(22)18-11-6-7-11/h1-2,5,8,11-12H,3-4,6-7,9H2,(H,18,22)/t12-/m0/s1. The number of nitriles is 1. The summed E-state index contributed by atoms with van der Waals surface area (Å²) in [5.41, 5.74) is 1.24. The summed E-state index contributed by atoms with van der Waals surface area (Å²) in [6, 6.07) is 8.03. The summed E-state index contributed by atoms with van der Waals surface area (Å²) in [7, 11) is 0. The van der Waals surface area contributed by atoms with Gasteiger partial charge in [0.25, 0.3) is 0 Å². The molecule has 0 radical (unpaired) electrons. The lowest BCUT2D eigenvalue weighted by Crippen LogP contribution is -2.44. The van der Waals surface area contributed by atoms with E-state index in [0.717, 1.165) is 37.9 Å². The van der Waals surface area contributed by atoms with E-state index < -0.39 is 0 Å². The lowest BCUT2D eigenvalue weighted by atomic mass is 10.2. The molecule has 4 rings (SSSR count). The van der Waals surface area contributed by atoms with E-state index in [-0.39, 0.29) is 11.9 Å². The maximum Gasteiger partial charge on any atom is 0.242 e. The van der Waals surface area contributed by atoms with Crippen molar-refractivity contribution in [2.24, 2.45) is 0 Å². The number of anilines is 1. The molecule has 0 bridgehead atoms. The molecule has 0 spiro atoms. The number of pyridine rings is 1. The number of fused-ring (bicyclic) bond motifs is 1. The molecule has 6 heteroatoms. The molecule has 1 atom stereocenters. The number of amides is 1. The van der Waals surface area contributed by atoms with Crippen LogP contribution in [0, 0.1) is 11.3 Å². The van der Waals surface area contributed by atoms with Crippen molar-refractivity contribution in [2.75, 3.05) is 11.4 Å². The first-order chi connectivity index (χ1) is 10.8. The van der Waals surface area contributed by atoms with Crippen molar-refractivity contribution < 1.29 is 4.79 Å². The molecule has 22 heavy (non-hydrogen) atoms. The zero-order valence-electron chi connectivity index (χ0n) is 12.2. The monoisotopic (exact) mass is 295 g/mol. The number of imidazole rings is 1. The predicted molar refractivity (Wildman–Crippen MR) is 81.4 cm³/mol. The zero-order valence-corrected chi connectivity index (χ0v) is 12.2. The summed E-state index contributed by atoms with van der Waals surface area (Å²) in [6.45, 7) is 0.765. The Bertz CT molecular complexity index is 770. The van der Waals surface area contributed by atoms with Gasteiger partial charge in [0.2, 0.25) is 5.91 Å². The Hall–Kier alpha value is -2.55. The molecule has 1 saturated heterocycles. The third-order valence-electron chi connectivity index (χ3n) is 4.37. The first-order valence-electron chi connectivity index (χ1n) is 7.72. The van der Waals surface area contributed by atoms with Crippen LogP contribution in [0.2, 0.25) is 0 Å². The molecule has 0 unspecified atom stereocenters. The van der Waals surface area contributed by atoms with E-state index in [0.29, 0.717) is 17.6 Å². The van der Waals surface area contributed by atoms with Crippen molar-refractivity contribution in [3.05, 3.63) is 30.1 Å². The Morgan fingerprint density at radius 1 is 1.36 bits per heavy atom. The molecule has 1 aliphatic carbocycles. The lowest BCUT2D eigenvalue weighted by Gasteiger charge is -2.24. The van der Waals surface area contributed by atoms with Crippen molar-refractivity contribution in [1.29, 1.82) is 5.26 Å². The Morgan fingerprint density at radius 3 is 3.00 bits per heavy atom. The van der Waals surface area contributed by atoms with Gasteiger partial charge in [-0.3, -0.25) is 9.20 Å². The van der Waals surface area contributed by atoms with E-state index in [2.05, 4.69) is 16.4 Å². The SMILES string of the molecule is N#Cc1c(N2CCC[C@H]2C(=O)NC2CC2)nc2ccccn12. The van der Waals surface area contributed by atoms with E-state index in [1.54, 1.807) is 4.40 Å². The smallest absolute Gasteiger partial charge is 0.242 e. The van der Waals surface area contributed by atoms with Crippen molar-refractivity contribution in [3.8, 4) is 6.07 Å². The molecule has 2 aromatic rings. The fourth-order valence-electron chi connectivity index (χ4n) is 3.11. The van der Waals surface area contributed by atoms with Crippen LogP contribution in [0.15, 0.2) is 24.4 Å². The molecular weight excluding hydrogens is 278 g/mol. The van der Waals surface area contributed by atoms with Crippen LogP contribution in [0.3, 0.4) is 0 Å². The van der Waals surface area contributed by atoms with E-state index in [1.807, 2.05) is 29.3 Å². The predicted octanol–water partition coefficient (Wildman–Crippen LogP) is 1.45. The zero-order chi connectivity index (χ0) is 15.1. The summed E-state index contributed by atoms with van der Waals surface area (Å²) in [5, 5.41) is 12.6. The summed E-state index contributed by atoms with van der Waals surface area (Å²) in [4.78, 5) is 19.0. The van der Waals surface area contributed by atoms with Gasteiger partial charge in [0, 0.05) is 18.8 Å². The third kappa shape index (κ3) is 2.10. The molecule has 1 amide bonds. The summed E-state index contributed by atoms with van der Waals surface area (Å²) >= 11 is 0. The fourth-order valence-corrected chi connectivity index (χ4v) is 3.11. The minimum absolute atomic E-state index is 0.0703.